The van der Waals surface area contributed by atoms with Crippen molar-refractivity contribution in [1.29, 1.82) is 0 Å². The third kappa shape index (κ3) is 2.68. The molecule has 2 fully saturated rings. The van der Waals surface area contributed by atoms with Crippen molar-refractivity contribution in [3.05, 3.63) is 0 Å². The van der Waals surface area contributed by atoms with Crippen molar-refractivity contribution in [3.63, 3.8) is 0 Å². The third-order valence-electron chi connectivity index (χ3n) is 5.08. The Morgan fingerprint density at radius 1 is 1.35 bits per heavy atom. The Morgan fingerprint density at radius 2 is 2.12 bits per heavy atom. The fourth-order valence-electron chi connectivity index (χ4n) is 4.00. The predicted octanol–water partition coefficient (Wildman–Crippen LogP) is 1.97. The summed E-state index contributed by atoms with van der Waals surface area (Å²) in [4.78, 5) is 0. The molecule has 0 aromatic rings. The molecule has 2 N–H and O–H groups in total. The normalized spacial score (nSPS) is 36.6. The summed E-state index contributed by atoms with van der Waals surface area (Å²) in [5.41, 5.74) is 6.27. The van der Waals surface area contributed by atoms with Crippen molar-refractivity contribution in [2.45, 2.75) is 45.4 Å². The van der Waals surface area contributed by atoms with Gasteiger partial charge in [0.05, 0.1) is 5.75 Å². The van der Waals surface area contributed by atoms with E-state index in [1.807, 2.05) is 0 Å². The minimum atomic E-state index is -2.80. The number of hydrogen-bond donors (Lipinski definition) is 1. The average molecular weight is 259 g/mol. The van der Waals surface area contributed by atoms with Crippen LogP contribution in [0.15, 0.2) is 0 Å². The lowest BCUT2D eigenvalue weighted by Crippen LogP contribution is -2.36. The molecule has 4 heteroatoms. The molecule has 0 amide bonds. The second-order valence-corrected chi connectivity index (χ2v) is 8.46. The van der Waals surface area contributed by atoms with E-state index in [0.717, 1.165) is 31.2 Å². The Bertz CT molecular complexity index is 366. The van der Waals surface area contributed by atoms with Gasteiger partial charge in [0.2, 0.25) is 0 Å². The van der Waals surface area contributed by atoms with E-state index in [1.54, 1.807) is 6.92 Å². The molecule has 0 heterocycles. The summed E-state index contributed by atoms with van der Waals surface area (Å²) in [7, 11) is -2.80. The SMILES string of the molecule is CCS(=O)(=O)CCCC1(CN)CC2CCC1C2. The van der Waals surface area contributed by atoms with Crippen LogP contribution in [0, 0.1) is 17.3 Å². The van der Waals surface area contributed by atoms with Crippen molar-refractivity contribution in [2.75, 3.05) is 18.1 Å². The molecule has 100 valence electrons. The van der Waals surface area contributed by atoms with E-state index in [-0.39, 0.29) is 11.2 Å². The van der Waals surface area contributed by atoms with Crippen LogP contribution in [0.5, 0.6) is 0 Å². The third-order valence-corrected chi connectivity index (χ3v) is 6.87. The summed E-state index contributed by atoms with van der Waals surface area (Å²) in [5, 5.41) is 0. The fraction of sp³-hybridized carbons (Fsp3) is 1.00. The van der Waals surface area contributed by atoms with Crippen LogP contribution in [-0.2, 0) is 9.84 Å². The minimum Gasteiger partial charge on any atom is -0.330 e. The van der Waals surface area contributed by atoms with Crippen LogP contribution in [0.3, 0.4) is 0 Å². The highest BCUT2D eigenvalue weighted by Crippen LogP contribution is 2.57. The molecule has 3 unspecified atom stereocenters. The monoisotopic (exact) mass is 259 g/mol. The molecule has 0 aromatic heterocycles. The Balaban J connectivity index is 1.89. The van der Waals surface area contributed by atoms with Gasteiger partial charge >= 0.3 is 0 Å². The molecule has 0 saturated heterocycles. The molecular formula is C13H25NO2S. The Kier molecular flexibility index (Phi) is 3.83. The van der Waals surface area contributed by atoms with E-state index in [9.17, 15) is 8.42 Å². The summed E-state index contributed by atoms with van der Waals surface area (Å²) in [6, 6.07) is 0. The molecule has 2 bridgehead atoms. The number of sulfone groups is 1. The summed E-state index contributed by atoms with van der Waals surface area (Å²) < 4.78 is 23.0. The lowest BCUT2D eigenvalue weighted by molar-refractivity contribution is 0.156. The van der Waals surface area contributed by atoms with Crippen LogP contribution < -0.4 is 5.73 Å². The molecule has 2 aliphatic rings. The fourth-order valence-corrected chi connectivity index (χ4v) is 4.88. The molecule has 17 heavy (non-hydrogen) atoms. The lowest BCUT2D eigenvalue weighted by Gasteiger charge is -2.37. The summed E-state index contributed by atoms with van der Waals surface area (Å²) in [6.07, 6.45) is 7.11. The highest BCUT2D eigenvalue weighted by molar-refractivity contribution is 7.91. The van der Waals surface area contributed by atoms with E-state index >= 15 is 0 Å². The topological polar surface area (TPSA) is 60.2 Å². The molecule has 0 aromatic carbocycles. The first kappa shape index (κ1) is 13.3. The molecular weight excluding hydrogens is 234 g/mol. The summed E-state index contributed by atoms with van der Waals surface area (Å²) >= 11 is 0. The van der Waals surface area contributed by atoms with Crippen molar-refractivity contribution >= 4 is 9.84 Å². The van der Waals surface area contributed by atoms with Gasteiger partial charge in [-0.1, -0.05) is 13.3 Å². The van der Waals surface area contributed by atoms with E-state index in [1.165, 1.54) is 25.7 Å². The maximum atomic E-state index is 11.5. The van der Waals surface area contributed by atoms with Gasteiger partial charge in [-0.25, -0.2) is 8.42 Å². The highest BCUT2D eigenvalue weighted by Gasteiger charge is 2.49. The number of hydrogen-bond acceptors (Lipinski definition) is 3. The van der Waals surface area contributed by atoms with Gasteiger partial charge in [0.1, 0.15) is 9.84 Å². The first-order valence-electron chi connectivity index (χ1n) is 6.92. The van der Waals surface area contributed by atoms with Gasteiger partial charge in [0.25, 0.3) is 0 Å². The summed E-state index contributed by atoms with van der Waals surface area (Å²) in [6.45, 7) is 2.48. The van der Waals surface area contributed by atoms with E-state index in [2.05, 4.69) is 0 Å². The van der Waals surface area contributed by atoms with E-state index in [4.69, 9.17) is 5.73 Å². The van der Waals surface area contributed by atoms with Crippen LogP contribution in [0.25, 0.3) is 0 Å². The molecule has 3 atom stereocenters. The van der Waals surface area contributed by atoms with Gasteiger partial charge in [0.15, 0.2) is 0 Å². The molecule has 0 spiro atoms. The predicted molar refractivity (Wildman–Crippen MR) is 70.5 cm³/mol. The summed E-state index contributed by atoms with van der Waals surface area (Å²) in [5.74, 6) is 2.28. The Labute approximate surface area is 105 Å². The zero-order valence-corrected chi connectivity index (χ0v) is 11.6. The van der Waals surface area contributed by atoms with Crippen molar-refractivity contribution in [1.82, 2.24) is 0 Å². The van der Waals surface area contributed by atoms with Crippen molar-refractivity contribution < 1.29 is 8.42 Å². The van der Waals surface area contributed by atoms with E-state index < -0.39 is 9.84 Å². The maximum Gasteiger partial charge on any atom is 0.150 e. The van der Waals surface area contributed by atoms with Gasteiger partial charge in [0, 0.05) is 5.75 Å². The first-order valence-corrected chi connectivity index (χ1v) is 8.74. The molecule has 2 saturated carbocycles. The van der Waals surface area contributed by atoms with Crippen LogP contribution in [0.4, 0.5) is 0 Å². The maximum absolute atomic E-state index is 11.5. The van der Waals surface area contributed by atoms with Crippen LogP contribution in [0.2, 0.25) is 0 Å². The average Bonchev–Trinajstić information content (AvgIpc) is 2.89. The number of fused-ring (bicyclic) bond motifs is 2. The molecule has 0 radical (unpaired) electrons. The molecule has 2 aliphatic carbocycles. The Morgan fingerprint density at radius 3 is 2.59 bits per heavy atom. The quantitative estimate of drug-likeness (QED) is 0.793. The molecule has 3 nitrogen and oxygen atoms in total. The Hall–Kier alpha value is -0.0900. The van der Waals surface area contributed by atoms with Crippen LogP contribution in [0.1, 0.15) is 45.4 Å². The van der Waals surface area contributed by atoms with Crippen LogP contribution in [-0.4, -0.2) is 26.5 Å². The standard InChI is InChI=1S/C13H25NO2S/c1-2-17(15,16)7-3-6-13(10-14)9-11-4-5-12(13)8-11/h11-12H,2-10,14H2,1H3. The van der Waals surface area contributed by atoms with Crippen molar-refractivity contribution in [2.24, 2.45) is 23.0 Å². The zero-order chi connectivity index (χ0) is 12.5. The second-order valence-electron chi connectivity index (χ2n) is 5.99. The largest absolute Gasteiger partial charge is 0.330 e. The molecule has 2 rings (SSSR count). The minimum absolute atomic E-state index is 0.272. The lowest BCUT2D eigenvalue weighted by atomic mass is 9.70. The van der Waals surface area contributed by atoms with Gasteiger partial charge in [-0.15, -0.1) is 0 Å². The van der Waals surface area contributed by atoms with Gasteiger partial charge in [-0.3, -0.25) is 0 Å². The smallest absolute Gasteiger partial charge is 0.150 e. The van der Waals surface area contributed by atoms with Gasteiger partial charge in [-0.2, -0.15) is 0 Å². The number of nitrogens with two attached hydrogens (primary N) is 1. The first-order chi connectivity index (χ1) is 8.01. The van der Waals surface area contributed by atoms with E-state index in [0.29, 0.717) is 5.75 Å². The van der Waals surface area contributed by atoms with Crippen LogP contribution >= 0.6 is 0 Å². The van der Waals surface area contributed by atoms with Crippen molar-refractivity contribution in [3.8, 4) is 0 Å². The number of rotatable bonds is 6. The second kappa shape index (κ2) is 4.88. The highest BCUT2D eigenvalue weighted by atomic mass is 32.2. The van der Waals surface area contributed by atoms with Gasteiger partial charge in [-0.05, 0) is 55.9 Å². The van der Waals surface area contributed by atoms with Gasteiger partial charge < -0.3 is 5.73 Å². The zero-order valence-electron chi connectivity index (χ0n) is 10.8. The molecule has 0 aliphatic heterocycles.